The van der Waals surface area contributed by atoms with E-state index in [1.54, 1.807) is 56.3 Å². The number of aromatic amines is 1. The lowest BCUT2D eigenvalue weighted by Gasteiger charge is -2.21. The lowest BCUT2D eigenvalue weighted by atomic mass is 10.0. The second kappa shape index (κ2) is 11.0. The van der Waals surface area contributed by atoms with Crippen molar-refractivity contribution in [3.63, 3.8) is 0 Å². The van der Waals surface area contributed by atoms with Crippen LogP contribution in [-0.4, -0.2) is 46.2 Å². The minimum atomic E-state index is -0.980. The first kappa shape index (κ1) is 24.3. The number of aliphatic hydroxyl groups excluding tert-OH is 1. The van der Waals surface area contributed by atoms with Crippen LogP contribution < -0.4 is 10.1 Å². The van der Waals surface area contributed by atoms with Gasteiger partial charge in [-0.15, -0.1) is 0 Å². The number of aromatic nitrogens is 2. The molecule has 0 saturated heterocycles. The lowest BCUT2D eigenvalue weighted by molar-refractivity contribution is -0.146. The van der Waals surface area contributed by atoms with Gasteiger partial charge in [-0.3, -0.25) is 4.79 Å². The average molecular weight is 463 g/mol. The number of ether oxygens (including phenoxy) is 2. The monoisotopic (exact) mass is 462 g/mol. The fraction of sp³-hybridized carbons (Fsp3) is 0.280. The average Bonchev–Trinajstić information content (AvgIpc) is 3.25. The van der Waals surface area contributed by atoms with Gasteiger partial charge in [0.15, 0.2) is 11.6 Å². The van der Waals surface area contributed by atoms with E-state index >= 15 is 0 Å². The van der Waals surface area contributed by atoms with Crippen molar-refractivity contribution in [3.8, 4) is 11.8 Å². The Hall–Kier alpha value is -4.32. The molecule has 9 heteroatoms. The van der Waals surface area contributed by atoms with Crippen LogP contribution in [0.25, 0.3) is 16.6 Å². The number of hydrogen-bond donors (Lipinski definition) is 3. The number of nitrogens with zero attached hydrogens (tertiary/aromatic N) is 2. The Balaban J connectivity index is 1.73. The molecule has 1 unspecified atom stereocenters. The number of nitrogens with one attached hydrogen (secondary N) is 2. The molecule has 3 N–H and O–H groups in total. The standard InChI is InChI=1S/C25H26N4O5/c1-4-33-21-12-8-5-9-16(21)24(31)29-22(15(2)3)25(32)34-14-20(30)17(13-26)23-27-18-10-6-7-11-19(18)28-23/h5-12,15,22,30H,4,14H2,1-3H3,(H,27,28)(H,29,31). The highest BCUT2D eigenvalue weighted by Gasteiger charge is 2.28. The van der Waals surface area contributed by atoms with Gasteiger partial charge in [0.2, 0.25) is 0 Å². The van der Waals surface area contributed by atoms with Gasteiger partial charge in [0, 0.05) is 0 Å². The first-order valence-electron chi connectivity index (χ1n) is 10.8. The van der Waals surface area contributed by atoms with Crippen LogP contribution in [0.4, 0.5) is 0 Å². The third-order valence-corrected chi connectivity index (χ3v) is 5.02. The Kier molecular flexibility index (Phi) is 7.88. The zero-order valence-electron chi connectivity index (χ0n) is 19.2. The maximum Gasteiger partial charge on any atom is 0.329 e. The minimum absolute atomic E-state index is 0.139. The van der Waals surface area contributed by atoms with E-state index in [4.69, 9.17) is 9.47 Å². The summed E-state index contributed by atoms with van der Waals surface area (Å²) in [5.74, 6) is -1.41. The summed E-state index contributed by atoms with van der Waals surface area (Å²) >= 11 is 0. The number of esters is 1. The molecule has 3 rings (SSSR count). The summed E-state index contributed by atoms with van der Waals surface area (Å²) < 4.78 is 10.7. The summed E-state index contributed by atoms with van der Waals surface area (Å²) in [5, 5.41) is 22.6. The highest BCUT2D eigenvalue weighted by atomic mass is 16.5. The smallest absolute Gasteiger partial charge is 0.329 e. The molecule has 1 atom stereocenters. The number of benzene rings is 2. The summed E-state index contributed by atoms with van der Waals surface area (Å²) in [4.78, 5) is 32.8. The van der Waals surface area contributed by atoms with Gasteiger partial charge in [-0.1, -0.05) is 38.1 Å². The SMILES string of the molecule is CCOc1ccccc1C(=O)NC(C(=O)OCC(O)=C(C#N)c1nc2ccccc2[nH]1)C(C)C. The van der Waals surface area contributed by atoms with Crippen molar-refractivity contribution < 1.29 is 24.2 Å². The number of nitriles is 1. The van der Waals surface area contributed by atoms with E-state index in [1.807, 2.05) is 19.1 Å². The van der Waals surface area contributed by atoms with Crippen LogP contribution in [0.15, 0.2) is 54.3 Å². The molecule has 0 fully saturated rings. The molecular weight excluding hydrogens is 436 g/mol. The second-order valence-electron chi connectivity index (χ2n) is 7.77. The zero-order chi connectivity index (χ0) is 24.7. The molecule has 34 heavy (non-hydrogen) atoms. The Morgan fingerprint density at radius 3 is 2.56 bits per heavy atom. The summed E-state index contributed by atoms with van der Waals surface area (Å²) in [6.45, 7) is 5.16. The molecule has 0 spiro atoms. The Morgan fingerprint density at radius 2 is 1.88 bits per heavy atom. The first-order chi connectivity index (χ1) is 16.3. The number of amides is 1. The summed E-state index contributed by atoms with van der Waals surface area (Å²) in [5.41, 5.74) is 1.48. The number of allylic oxidation sites excluding steroid dienone is 1. The number of para-hydroxylation sites is 3. The molecule has 0 saturated carbocycles. The van der Waals surface area contributed by atoms with Crippen molar-refractivity contribution in [2.24, 2.45) is 5.92 Å². The van der Waals surface area contributed by atoms with Crippen LogP contribution in [0.1, 0.15) is 37.0 Å². The molecule has 2 aromatic carbocycles. The molecule has 0 aliphatic heterocycles. The molecule has 0 bridgehead atoms. The maximum absolute atomic E-state index is 12.8. The van der Waals surface area contributed by atoms with E-state index in [-0.39, 0.29) is 17.3 Å². The highest BCUT2D eigenvalue weighted by Crippen LogP contribution is 2.20. The third kappa shape index (κ3) is 5.53. The molecule has 1 amide bonds. The van der Waals surface area contributed by atoms with Gasteiger partial charge < -0.3 is 24.9 Å². The summed E-state index contributed by atoms with van der Waals surface area (Å²) in [7, 11) is 0. The van der Waals surface area contributed by atoms with Crippen molar-refractivity contribution in [2.45, 2.75) is 26.8 Å². The Morgan fingerprint density at radius 1 is 1.18 bits per heavy atom. The third-order valence-electron chi connectivity index (χ3n) is 5.02. The number of aliphatic hydroxyl groups is 1. The normalized spacial score (nSPS) is 12.6. The van der Waals surface area contributed by atoms with Crippen LogP contribution in [0.2, 0.25) is 0 Å². The Bertz CT molecular complexity index is 1220. The van der Waals surface area contributed by atoms with Crippen LogP contribution >= 0.6 is 0 Å². The Labute approximate surface area is 197 Å². The molecule has 0 aliphatic carbocycles. The van der Waals surface area contributed by atoms with Gasteiger partial charge in [0.1, 0.15) is 30.0 Å². The van der Waals surface area contributed by atoms with E-state index in [1.165, 1.54) is 0 Å². The highest BCUT2D eigenvalue weighted by molar-refractivity contribution is 5.99. The molecule has 1 aromatic heterocycles. The first-order valence-corrected chi connectivity index (χ1v) is 10.8. The van der Waals surface area contributed by atoms with Crippen LogP contribution in [0, 0.1) is 17.2 Å². The van der Waals surface area contributed by atoms with Gasteiger partial charge >= 0.3 is 5.97 Å². The predicted molar refractivity (Wildman–Crippen MR) is 126 cm³/mol. The van der Waals surface area contributed by atoms with Crippen molar-refractivity contribution in [2.75, 3.05) is 13.2 Å². The van der Waals surface area contributed by atoms with E-state index in [2.05, 4.69) is 15.3 Å². The molecule has 176 valence electrons. The summed E-state index contributed by atoms with van der Waals surface area (Å²) in [6, 6.07) is 14.8. The van der Waals surface area contributed by atoms with Gasteiger partial charge in [-0.2, -0.15) is 5.26 Å². The number of hydrogen-bond acceptors (Lipinski definition) is 7. The van der Waals surface area contributed by atoms with Crippen molar-refractivity contribution >= 4 is 28.5 Å². The molecule has 9 nitrogen and oxygen atoms in total. The van der Waals surface area contributed by atoms with Crippen LogP contribution in [-0.2, 0) is 9.53 Å². The van der Waals surface area contributed by atoms with Crippen molar-refractivity contribution in [1.29, 1.82) is 5.26 Å². The number of carbonyl (C=O) groups is 2. The lowest BCUT2D eigenvalue weighted by Crippen LogP contribution is -2.45. The van der Waals surface area contributed by atoms with E-state index in [0.717, 1.165) is 0 Å². The number of H-pyrrole nitrogens is 1. The van der Waals surface area contributed by atoms with E-state index in [9.17, 15) is 20.0 Å². The molecule has 1 heterocycles. The summed E-state index contributed by atoms with van der Waals surface area (Å²) in [6.07, 6.45) is 0. The number of imidazole rings is 1. The van der Waals surface area contributed by atoms with Gasteiger partial charge in [-0.25, -0.2) is 9.78 Å². The van der Waals surface area contributed by atoms with Gasteiger partial charge in [-0.05, 0) is 37.1 Å². The maximum atomic E-state index is 12.8. The van der Waals surface area contributed by atoms with Crippen molar-refractivity contribution in [1.82, 2.24) is 15.3 Å². The topological polar surface area (TPSA) is 137 Å². The molecule has 0 aliphatic rings. The zero-order valence-corrected chi connectivity index (χ0v) is 19.2. The van der Waals surface area contributed by atoms with Crippen LogP contribution in [0.3, 0.4) is 0 Å². The van der Waals surface area contributed by atoms with E-state index < -0.39 is 30.3 Å². The second-order valence-corrected chi connectivity index (χ2v) is 7.77. The number of fused-ring (bicyclic) bond motifs is 1. The largest absolute Gasteiger partial charge is 0.507 e. The predicted octanol–water partition coefficient (Wildman–Crippen LogP) is 3.75. The number of rotatable bonds is 9. The quantitative estimate of drug-likeness (QED) is 0.250. The van der Waals surface area contributed by atoms with Gasteiger partial charge in [0.25, 0.3) is 5.91 Å². The van der Waals surface area contributed by atoms with Crippen LogP contribution in [0.5, 0.6) is 5.75 Å². The van der Waals surface area contributed by atoms with E-state index in [0.29, 0.717) is 29.0 Å². The minimum Gasteiger partial charge on any atom is -0.507 e. The molecule has 0 radical (unpaired) electrons. The molecular formula is C25H26N4O5. The molecule has 3 aromatic rings. The van der Waals surface area contributed by atoms with Crippen molar-refractivity contribution in [3.05, 3.63) is 65.7 Å². The number of carbonyl (C=O) groups excluding carboxylic acids is 2. The fourth-order valence-corrected chi connectivity index (χ4v) is 3.28. The fourth-order valence-electron chi connectivity index (χ4n) is 3.28. The van der Waals surface area contributed by atoms with Gasteiger partial charge in [0.05, 0.1) is 23.2 Å².